The molecule has 0 amide bonds. The van der Waals surface area contributed by atoms with Crippen molar-refractivity contribution in [1.82, 2.24) is 0 Å². The van der Waals surface area contributed by atoms with Gasteiger partial charge in [0.2, 0.25) is 0 Å². The number of rotatable bonds is 6. The van der Waals surface area contributed by atoms with E-state index in [0.717, 1.165) is 11.1 Å². The molecule has 0 aromatic heterocycles. The number of hydrogen-bond donors (Lipinski definition) is 0. The molecule has 0 aliphatic rings. The van der Waals surface area contributed by atoms with Gasteiger partial charge in [-0.2, -0.15) is 0 Å². The summed E-state index contributed by atoms with van der Waals surface area (Å²) in [5, 5.41) is 0. The van der Waals surface area contributed by atoms with E-state index in [1.807, 2.05) is 13.0 Å². The molecule has 0 fully saturated rings. The second-order valence-corrected chi connectivity index (χ2v) is 5.69. The number of benzene rings is 2. The number of esters is 1. The van der Waals surface area contributed by atoms with Gasteiger partial charge in [-0.05, 0) is 55.0 Å². The van der Waals surface area contributed by atoms with Crippen LogP contribution < -0.4 is 0 Å². The van der Waals surface area contributed by atoms with Crippen molar-refractivity contribution in [2.75, 3.05) is 6.61 Å². The lowest BCUT2D eigenvalue weighted by molar-refractivity contribution is -0.143. The highest BCUT2D eigenvalue weighted by molar-refractivity contribution is 5.73. The normalized spacial score (nSPS) is 10.9. The van der Waals surface area contributed by atoms with Crippen LogP contribution in [-0.4, -0.2) is 12.6 Å². The first-order chi connectivity index (χ1) is 11.1. The lowest BCUT2D eigenvalue weighted by Gasteiger charge is -2.05. The quantitative estimate of drug-likeness (QED) is 0.556. The SMILES string of the molecule is CCOC(=O)CCc1cccc(/C=C/c2c(C)cccc2C)c1. The summed E-state index contributed by atoms with van der Waals surface area (Å²) in [7, 11) is 0. The van der Waals surface area contributed by atoms with E-state index in [1.54, 1.807) is 0 Å². The fourth-order valence-corrected chi connectivity index (χ4v) is 2.60. The Balaban J connectivity index is 2.08. The second kappa shape index (κ2) is 8.33. The van der Waals surface area contributed by atoms with Crippen molar-refractivity contribution in [3.05, 3.63) is 70.3 Å². The van der Waals surface area contributed by atoms with Crippen LogP contribution in [0.5, 0.6) is 0 Å². The van der Waals surface area contributed by atoms with Crippen molar-refractivity contribution >= 4 is 18.1 Å². The van der Waals surface area contributed by atoms with E-state index >= 15 is 0 Å². The molecular weight excluding hydrogens is 284 g/mol. The van der Waals surface area contributed by atoms with E-state index in [9.17, 15) is 4.79 Å². The molecular formula is C21H24O2. The van der Waals surface area contributed by atoms with Crippen LogP contribution >= 0.6 is 0 Å². The Kier molecular flexibility index (Phi) is 6.16. The maximum absolute atomic E-state index is 11.5. The molecule has 0 radical (unpaired) electrons. The zero-order valence-electron chi connectivity index (χ0n) is 14.1. The van der Waals surface area contributed by atoms with Gasteiger partial charge >= 0.3 is 5.97 Å². The van der Waals surface area contributed by atoms with E-state index in [2.05, 4.69) is 62.4 Å². The summed E-state index contributed by atoms with van der Waals surface area (Å²) < 4.78 is 4.97. The van der Waals surface area contributed by atoms with Crippen LogP contribution in [0.2, 0.25) is 0 Å². The molecule has 2 aromatic carbocycles. The molecule has 2 rings (SSSR count). The van der Waals surface area contributed by atoms with E-state index < -0.39 is 0 Å². The van der Waals surface area contributed by atoms with Crippen LogP contribution in [0.4, 0.5) is 0 Å². The van der Waals surface area contributed by atoms with Gasteiger partial charge in [0.1, 0.15) is 0 Å². The van der Waals surface area contributed by atoms with Crippen molar-refractivity contribution in [2.24, 2.45) is 0 Å². The average molecular weight is 308 g/mol. The number of aryl methyl sites for hydroxylation is 3. The van der Waals surface area contributed by atoms with Crippen LogP contribution in [0, 0.1) is 13.8 Å². The van der Waals surface area contributed by atoms with Gasteiger partial charge in [-0.25, -0.2) is 0 Å². The molecule has 0 atom stereocenters. The fraction of sp³-hybridized carbons (Fsp3) is 0.286. The minimum atomic E-state index is -0.135. The second-order valence-electron chi connectivity index (χ2n) is 5.69. The summed E-state index contributed by atoms with van der Waals surface area (Å²) in [6, 6.07) is 14.6. The molecule has 0 aliphatic heterocycles. The van der Waals surface area contributed by atoms with E-state index in [1.165, 1.54) is 16.7 Å². The fourth-order valence-electron chi connectivity index (χ4n) is 2.60. The number of carbonyl (C=O) groups excluding carboxylic acids is 1. The van der Waals surface area contributed by atoms with Gasteiger partial charge in [-0.1, -0.05) is 54.6 Å². The van der Waals surface area contributed by atoms with E-state index in [-0.39, 0.29) is 5.97 Å². The third-order valence-electron chi connectivity index (χ3n) is 3.86. The molecule has 0 unspecified atom stereocenters. The zero-order chi connectivity index (χ0) is 16.7. The standard InChI is InChI=1S/C21H24O2/c1-4-23-21(22)14-12-19-10-6-9-18(15-19)11-13-20-16(2)7-5-8-17(20)3/h5-11,13,15H,4,12,14H2,1-3H3/b13-11+. The minimum Gasteiger partial charge on any atom is -0.466 e. The first-order valence-corrected chi connectivity index (χ1v) is 8.09. The van der Waals surface area contributed by atoms with Gasteiger partial charge < -0.3 is 4.74 Å². The van der Waals surface area contributed by atoms with Crippen LogP contribution in [-0.2, 0) is 16.0 Å². The molecule has 0 saturated carbocycles. The van der Waals surface area contributed by atoms with Gasteiger partial charge in [-0.15, -0.1) is 0 Å². The van der Waals surface area contributed by atoms with Crippen molar-refractivity contribution < 1.29 is 9.53 Å². The first-order valence-electron chi connectivity index (χ1n) is 8.09. The zero-order valence-corrected chi connectivity index (χ0v) is 14.1. The number of carbonyl (C=O) groups is 1. The third-order valence-corrected chi connectivity index (χ3v) is 3.86. The Morgan fingerprint density at radius 3 is 2.43 bits per heavy atom. The van der Waals surface area contributed by atoms with Crippen molar-refractivity contribution in [2.45, 2.75) is 33.6 Å². The lowest BCUT2D eigenvalue weighted by Crippen LogP contribution is -2.05. The van der Waals surface area contributed by atoms with Crippen molar-refractivity contribution in [3.8, 4) is 0 Å². The van der Waals surface area contributed by atoms with Gasteiger partial charge in [0.05, 0.1) is 6.61 Å². The van der Waals surface area contributed by atoms with Crippen LogP contribution in [0.15, 0.2) is 42.5 Å². The summed E-state index contributed by atoms with van der Waals surface area (Å²) >= 11 is 0. The molecule has 0 heterocycles. The Morgan fingerprint density at radius 1 is 1.04 bits per heavy atom. The highest BCUT2D eigenvalue weighted by atomic mass is 16.5. The monoisotopic (exact) mass is 308 g/mol. The topological polar surface area (TPSA) is 26.3 Å². The van der Waals surface area contributed by atoms with Gasteiger partial charge in [0.15, 0.2) is 0 Å². The van der Waals surface area contributed by atoms with E-state index in [0.29, 0.717) is 19.4 Å². The highest BCUT2D eigenvalue weighted by Crippen LogP contribution is 2.17. The Hall–Kier alpha value is -2.35. The molecule has 0 aliphatic carbocycles. The van der Waals surface area contributed by atoms with Gasteiger partial charge in [-0.3, -0.25) is 4.79 Å². The third kappa shape index (κ3) is 5.10. The Labute approximate surface area is 138 Å². The van der Waals surface area contributed by atoms with Gasteiger partial charge in [0, 0.05) is 6.42 Å². The summed E-state index contributed by atoms with van der Waals surface area (Å²) in [5.41, 5.74) is 6.12. The first kappa shape index (κ1) is 17.0. The summed E-state index contributed by atoms with van der Waals surface area (Å²) in [4.78, 5) is 11.5. The van der Waals surface area contributed by atoms with Crippen LogP contribution in [0.25, 0.3) is 12.2 Å². The predicted molar refractivity (Wildman–Crippen MR) is 96.2 cm³/mol. The van der Waals surface area contributed by atoms with Crippen LogP contribution in [0.1, 0.15) is 41.2 Å². The van der Waals surface area contributed by atoms with Crippen molar-refractivity contribution in [1.29, 1.82) is 0 Å². The minimum absolute atomic E-state index is 0.135. The molecule has 0 spiro atoms. The van der Waals surface area contributed by atoms with Crippen LogP contribution in [0.3, 0.4) is 0 Å². The smallest absolute Gasteiger partial charge is 0.306 e. The lowest BCUT2D eigenvalue weighted by atomic mass is 10.0. The molecule has 2 nitrogen and oxygen atoms in total. The molecule has 0 N–H and O–H groups in total. The van der Waals surface area contributed by atoms with Gasteiger partial charge in [0.25, 0.3) is 0 Å². The number of ether oxygens (including phenoxy) is 1. The highest BCUT2D eigenvalue weighted by Gasteiger charge is 2.03. The Bertz CT molecular complexity index is 678. The average Bonchev–Trinajstić information content (AvgIpc) is 2.53. The molecule has 120 valence electrons. The maximum atomic E-state index is 11.5. The van der Waals surface area contributed by atoms with Crippen molar-refractivity contribution in [3.63, 3.8) is 0 Å². The number of hydrogen-bond acceptors (Lipinski definition) is 2. The molecule has 2 heteroatoms. The molecule has 0 bridgehead atoms. The summed E-state index contributed by atoms with van der Waals surface area (Å²) in [6.45, 7) is 6.53. The molecule has 23 heavy (non-hydrogen) atoms. The van der Waals surface area contributed by atoms with E-state index in [4.69, 9.17) is 4.74 Å². The maximum Gasteiger partial charge on any atom is 0.306 e. The summed E-state index contributed by atoms with van der Waals surface area (Å²) in [5.74, 6) is -0.135. The predicted octanol–water partition coefficient (Wildman–Crippen LogP) is 4.97. The largest absolute Gasteiger partial charge is 0.466 e. The molecule has 2 aromatic rings. The Morgan fingerprint density at radius 2 is 1.74 bits per heavy atom. The molecule has 0 saturated heterocycles. The summed E-state index contributed by atoms with van der Waals surface area (Å²) in [6.07, 6.45) is 5.43.